The van der Waals surface area contributed by atoms with Gasteiger partial charge in [0.15, 0.2) is 11.6 Å². The first kappa shape index (κ1) is 21.1. The van der Waals surface area contributed by atoms with Crippen LogP contribution in [-0.2, 0) is 10.3 Å². The molecule has 1 saturated heterocycles. The van der Waals surface area contributed by atoms with Crippen LogP contribution in [-0.4, -0.2) is 45.8 Å². The van der Waals surface area contributed by atoms with Crippen molar-refractivity contribution in [2.24, 2.45) is 0 Å². The molecule has 5 rings (SSSR count). The highest BCUT2D eigenvalue weighted by molar-refractivity contribution is 5.88. The zero-order valence-corrected chi connectivity index (χ0v) is 18.4. The molecule has 0 unspecified atom stereocenters. The molecule has 1 amide bonds. The molecular weight excluding hydrogens is 431 g/mol. The van der Waals surface area contributed by atoms with Gasteiger partial charge in [0.1, 0.15) is 12.4 Å². The van der Waals surface area contributed by atoms with Crippen LogP contribution in [0.15, 0.2) is 23.0 Å². The number of fused-ring (bicyclic) bond motifs is 1. The summed E-state index contributed by atoms with van der Waals surface area (Å²) >= 11 is 0. The number of carbonyl (C=O) groups is 1. The summed E-state index contributed by atoms with van der Waals surface area (Å²) in [5.41, 5.74) is -0.541. The highest BCUT2D eigenvalue weighted by Gasteiger charge is 2.47. The Morgan fingerprint density at radius 1 is 1.33 bits per heavy atom. The number of benzene rings is 1. The summed E-state index contributed by atoms with van der Waals surface area (Å²) in [4.78, 5) is 42.3. The number of nitrogens with zero attached hydrogens (tertiary/aromatic N) is 4. The van der Waals surface area contributed by atoms with Crippen LogP contribution in [0.5, 0.6) is 5.75 Å². The molecule has 2 N–H and O–H groups in total. The van der Waals surface area contributed by atoms with Gasteiger partial charge in [-0.3, -0.25) is 4.79 Å². The number of carbonyl (C=O) groups excluding carboxylic acids is 1. The number of hydrogen-bond acceptors (Lipinski definition) is 8. The van der Waals surface area contributed by atoms with Crippen molar-refractivity contribution < 1.29 is 21.5 Å². The number of pyridine rings is 1. The van der Waals surface area contributed by atoms with Crippen molar-refractivity contribution in [1.29, 1.82) is 0 Å². The van der Waals surface area contributed by atoms with Crippen LogP contribution in [0.2, 0.25) is 0 Å². The van der Waals surface area contributed by atoms with Gasteiger partial charge in [0.25, 0.3) is 5.56 Å². The second-order valence-corrected chi connectivity index (χ2v) is 8.28. The fourth-order valence-corrected chi connectivity index (χ4v) is 4.17. The third-order valence-electron chi connectivity index (χ3n) is 6.14. The number of methoxy groups -OCH3 is 1. The van der Waals surface area contributed by atoms with Crippen LogP contribution < -0.4 is 20.5 Å². The van der Waals surface area contributed by atoms with E-state index < -0.39 is 23.0 Å². The fourth-order valence-electron chi connectivity index (χ4n) is 4.17. The monoisotopic (exact) mass is 458 g/mol. The maximum absolute atomic E-state index is 14.6. The number of nitrogens with one attached hydrogen (secondary N) is 2. The van der Waals surface area contributed by atoms with E-state index >= 15 is 0 Å². The molecule has 1 aromatic carbocycles. The topological polar surface area (TPSA) is 122 Å². The lowest BCUT2D eigenvalue weighted by atomic mass is 10.0. The van der Waals surface area contributed by atoms with E-state index in [2.05, 4.69) is 25.3 Å². The average molecular weight is 458 g/mol. The Balaban J connectivity index is 0.00000171. The molecule has 2 aliphatic rings. The zero-order chi connectivity index (χ0) is 23.3. The number of halogens is 1. The molecule has 2 fully saturated rings. The molecule has 3 heterocycles. The molecule has 0 bridgehead atoms. The van der Waals surface area contributed by atoms with Gasteiger partial charge in [-0.15, -0.1) is 0 Å². The molecule has 1 atom stereocenters. The summed E-state index contributed by atoms with van der Waals surface area (Å²) in [5.74, 6) is 0.331. The van der Waals surface area contributed by atoms with Crippen LogP contribution in [0.3, 0.4) is 0 Å². The van der Waals surface area contributed by atoms with Crippen molar-refractivity contribution in [2.45, 2.75) is 44.7 Å². The predicted octanol–water partition coefficient (Wildman–Crippen LogP) is 3.50. The molecule has 10 nitrogen and oxygen atoms in total. The highest BCUT2D eigenvalue weighted by Crippen LogP contribution is 2.47. The van der Waals surface area contributed by atoms with Gasteiger partial charge in [-0.1, -0.05) is 6.92 Å². The molecule has 176 valence electrons. The van der Waals surface area contributed by atoms with Gasteiger partial charge in [-0.25, -0.2) is 14.1 Å². The van der Waals surface area contributed by atoms with Crippen molar-refractivity contribution in [2.75, 3.05) is 23.9 Å². The van der Waals surface area contributed by atoms with Crippen molar-refractivity contribution >= 4 is 28.9 Å². The lowest BCUT2D eigenvalue weighted by molar-refractivity contribution is 0.178. The van der Waals surface area contributed by atoms with Crippen molar-refractivity contribution in [3.05, 3.63) is 45.8 Å². The fraction of sp³-hybridized carbons (Fsp3) is 0.409. The van der Waals surface area contributed by atoms with Crippen molar-refractivity contribution in [1.82, 2.24) is 19.9 Å². The summed E-state index contributed by atoms with van der Waals surface area (Å²) in [6, 6.07) is 4.74. The van der Waals surface area contributed by atoms with Gasteiger partial charge in [0.05, 0.1) is 24.2 Å². The first-order chi connectivity index (χ1) is 15.8. The summed E-state index contributed by atoms with van der Waals surface area (Å²) in [5, 5.41) is 3.81. The van der Waals surface area contributed by atoms with Crippen LogP contribution in [0.1, 0.15) is 40.4 Å². The molecule has 33 heavy (non-hydrogen) atoms. The Morgan fingerprint density at radius 3 is 2.82 bits per heavy atom. The number of hydrogen-bond donors (Lipinski definition) is 2. The van der Waals surface area contributed by atoms with Crippen LogP contribution >= 0.6 is 0 Å². The lowest BCUT2D eigenvalue weighted by Crippen LogP contribution is -2.35. The molecule has 1 aliphatic heterocycles. The molecule has 3 aromatic rings. The first-order valence-corrected chi connectivity index (χ1v) is 10.7. The van der Waals surface area contributed by atoms with Crippen molar-refractivity contribution in [3.8, 4) is 5.75 Å². The van der Waals surface area contributed by atoms with Crippen LogP contribution in [0.25, 0.3) is 10.9 Å². The summed E-state index contributed by atoms with van der Waals surface area (Å²) in [7, 11) is 1.37. The standard InChI is InChI=1S/C22H23FN6O4.2H2/c1-4-13-10-33-21(31)29(13)20-25-11(2)24-19(27-20)28-22(7-8-22)14-9-12-5-6-15(32-3)16(23)17(12)26-18(14)30;;/h5-6,9,13H,4,7-8,10H2,1-3H3,(H,26,30)(H,24,25,27,28);2*1H/t13-;;/m0../s1. The molecule has 1 aliphatic carbocycles. The van der Waals surface area contributed by atoms with E-state index in [0.29, 0.717) is 36.0 Å². The van der Waals surface area contributed by atoms with Gasteiger partial charge < -0.3 is 19.8 Å². The van der Waals surface area contributed by atoms with Gasteiger partial charge in [0.2, 0.25) is 11.9 Å². The second-order valence-electron chi connectivity index (χ2n) is 8.28. The number of rotatable bonds is 6. The number of cyclic esters (lactones) is 1. The molecule has 1 saturated carbocycles. The maximum atomic E-state index is 14.6. The smallest absolute Gasteiger partial charge is 0.417 e. The predicted molar refractivity (Wildman–Crippen MR) is 122 cm³/mol. The van der Waals surface area contributed by atoms with E-state index in [1.54, 1.807) is 19.1 Å². The maximum Gasteiger partial charge on any atom is 0.417 e. The van der Waals surface area contributed by atoms with Crippen LogP contribution in [0, 0.1) is 12.7 Å². The number of aryl methyl sites for hydroxylation is 1. The molecule has 0 radical (unpaired) electrons. The third-order valence-corrected chi connectivity index (χ3v) is 6.14. The summed E-state index contributed by atoms with van der Waals surface area (Å²) in [6.45, 7) is 3.94. The number of aromatic nitrogens is 4. The Kier molecular flexibility index (Phi) is 4.91. The van der Waals surface area contributed by atoms with Gasteiger partial charge in [0, 0.05) is 13.8 Å². The molecule has 2 aromatic heterocycles. The first-order valence-electron chi connectivity index (χ1n) is 10.7. The minimum absolute atomic E-state index is 0. The van der Waals surface area contributed by atoms with Gasteiger partial charge in [-0.05, 0) is 44.4 Å². The van der Waals surface area contributed by atoms with E-state index in [9.17, 15) is 14.0 Å². The summed E-state index contributed by atoms with van der Waals surface area (Å²) in [6.07, 6.45) is 1.53. The number of H-pyrrole nitrogens is 1. The van der Waals surface area contributed by atoms with E-state index in [0.717, 1.165) is 0 Å². The number of ether oxygens (including phenoxy) is 2. The Labute approximate surface area is 191 Å². The molecule has 0 spiro atoms. The average Bonchev–Trinajstić information content (AvgIpc) is 3.46. The second kappa shape index (κ2) is 7.68. The summed E-state index contributed by atoms with van der Waals surface area (Å²) < 4.78 is 24.7. The number of amides is 1. The molecule has 11 heteroatoms. The van der Waals surface area contributed by atoms with Gasteiger partial charge in [-0.2, -0.15) is 15.0 Å². The van der Waals surface area contributed by atoms with E-state index in [1.807, 2.05) is 6.92 Å². The zero-order valence-electron chi connectivity index (χ0n) is 18.4. The Hall–Kier alpha value is -3.76. The Bertz CT molecular complexity index is 1330. The normalized spacial score (nSPS) is 19.0. The number of aromatic amines is 1. The van der Waals surface area contributed by atoms with Gasteiger partial charge >= 0.3 is 6.09 Å². The quantitative estimate of drug-likeness (QED) is 0.576. The largest absolute Gasteiger partial charge is 0.494 e. The minimum atomic E-state index is -0.696. The van der Waals surface area contributed by atoms with Crippen LogP contribution in [0.4, 0.5) is 21.1 Å². The minimum Gasteiger partial charge on any atom is -0.494 e. The SMILES string of the molecule is CC[C@H]1COC(=O)N1c1nc(C)nc(NC2(c3cc4ccc(OC)c(F)c4[nH]c3=O)CC2)n1.[HH].[HH]. The highest BCUT2D eigenvalue weighted by atomic mass is 19.1. The van der Waals surface area contributed by atoms with E-state index in [1.165, 1.54) is 18.1 Å². The van der Waals surface area contributed by atoms with E-state index in [4.69, 9.17) is 9.47 Å². The van der Waals surface area contributed by atoms with E-state index in [-0.39, 0.29) is 38.7 Å². The number of anilines is 2. The molecular formula is C22H27FN6O4. The Morgan fingerprint density at radius 2 is 2.12 bits per heavy atom. The third kappa shape index (κ3) is 3.53. The lowest BCUT2D eigenvalue weighted by Gasteiger charge is -2.21. The van der Waals surface area contributed by atoms with Crippen molar-refractivity contribution in [3.63, 3.8) is 0 Å².